The molecule has 3 nitrogen and oxygen atoms in total. The standard InChI is InChI=1S/C16H24FN3/c17-15-7-2-1-6-14(15)16(11-18)20-10-4-9-19-8-3-5-13(19)12-20/h1-2,6-7,13,16H,3-5,8-12,18H2. The molecular weight excluding hydrogens is 253 g/mol. The molecule has 2 atom stereocenters. The van der Waals surface area contributed by atoms with Gasteiger partial charge in [0.05, 0.1) is 0 Å². The highest BCUT2D eigenvalue weighted by Gasteiger charge is 2.32. The minimum Gasteiger partial charge on any atom is -0.329 e. The molecule has 0 aliphatic carbocycles. The second-order valence-electron chi connectivity index (χ2n) is 5.95. The molecule has 2 fully saturated rings. The van der Waals surface area contributed by atoms with E-state index in [1.165, 1.54) is 32.0 Å². The molecule has 0 bridgehead atoms. The van der Waals surface area contributed by atoms with Crippen LogP contribution < -0.4 is 5.73 Å². The lowest BCUT2D eigenvalue weighted by Crippen LogP contribution is -2.40. The third-order valence-electron chi connectivity index (χ3n) is 4.76. The molecule has 0 amide bonds. The fourth-order valence-electron chi connectivity index (χ4n) is 3.74. The number of benzene rings is 1. The third-order valence-corrected chi connectivity index (χ3v) is 4.76. The monoisotopic (exact) mass is 277 g/mol. The van der Waals surface area contributed by atoms with Crippen molar-refractivity contribution in [1.29, 1.82) is 0 Å². The predicted octanol–water partition coefficient (Wildman–Crippen LogP) is 2.00. The van der Waals surface area contributed by atoms with Crippen molar-refractivity contribution in [3.63, 3.8) is 0 Å². The summed E-state index contributed by atoms with van der Waals surface area (Å²) >= 11 is 0. The average molecular weight is 277 g/mol. The molecule has 0 saturated carbocycles. The van der Waals surface area contributed by atoms with Crippen LogP contribution in [0.25, 0.3) is 0 Å². The van der Waals surface area contributed by atoms with Crippen molar-refractivity contribution in [2.24, 2.45) is 5.73 Å². The summed E-state index contributed by atoms with van der Waals surface area (Å²) < 4.78 is 14.1. The zero-order chi connectivity index (χ0) is 13.9. The molecule has 4 heteroatoms. The number of fused-ring (bicyclic) bond motifs is 1. The predicted molar refractivity (Wildman–Crippen MR) is 79.0 cm³/mol. The number of hydrogen-bond donors (Lipinski definition) is 1. The fourth-order valence-corrected chi connectivity index (χ4v) is 3.74. The molecule has 0 aromatic heterocycles. The van der Waals surface area contributed by atoms with Crippen LogP contribution in [0.2, 0.25) is 0 Å². The van der Waals surface area contributed by atoms with Gasteiger partial charge in [-0.25, -0.2) is 4.39 Å². The van der Waals surface area contributed by atoms with Gasteiger partial charge in [0.15, 0.2) is 0 Å². The van der Waals surface area contributed by atoms with Crippen LogP contribution in [-0.4, -0.2) is 48.6 Å². The molecule has 3 rings (SSSR count). The van der Waals surface area contributed by atoms with E-state index in [2.05, 4.69) is 9.80 Å². The van der Waals surface area contributed by atoms with Gasteiger partial charge in [0.2, 0.25) is 0 Å². The van der Waals surface area contributed by atoms with Crippen LogP contribution in [0.3, 0.4) is 0 Å². The zero-order valence-corrected chi connectivity index (χ0v) is 12.0. The van der Waals surface area contributed by atoms with E-state index in [0.717, 1.165) is 25.1 Å². The Labute approximate surface area is 120 Å². The minimum absolute atomic E-state index is 0.0109. The lowest BCUT2D eigenvalue weighted by Gasteiger charge is -2.32. The van der Waals surface area contributed by atoms with E-state index in [9.17, 15) is 4.39 Å². The van der Waals surface area contributed by atoms with Gasteiger partial charge in [-0.2, -0.15) is 0 Å². The summed E-state index contributed by atoms with van der Waals surface area (Å²) in [7, 11) is 0. The van der Waals surface area contributed by atoms with Crippen LogP contribution in [0, 0.1) is 5.82 Å². The van der Waals surface area contributed by atoms with Gasteiger partial charge in [-0.3, -0.25) is 9.80 Å². The van der Waals surface area contributed by atoms with Crippen LogP contribution in [0.4, 0.5) is 4.39 Å². The summed E-state index contributed by atoms with van der Waals surface area (Å²) in [5.41, 5.74) is 6.72. The molecule has 0 radical (unpaired) electrons. The molecule has 2 heterocycles. The summed E-state index contributed by atoms with van der Waals surface area (Å²) in [6.45, 7) is 4.92. The first kappa shape index (κ1) is 14.0. The minimum atomic E-state index is -0.129. The molecule has 1 aromatic carbocycles. The summed E-state index contributed by atoms with van der Waals surface area (Å²) in [4.78, 5) is 4.99. The average Bonchev–Trinajstić information content (AvgIpc) is 2.80. The third kappa shape index (κ3) is 2.73. The summed E-state index contributed by atoms with van der Waals surface area (Å²) in [5.74, 6) is -0.129. The van der Waals surface area contributed by atoms with Crippen molar-refractivity contribution >= 4 is 0 Å². The maximum Gasteiger partial charge on any atom is 0.128 e. The van der Waals surface area contributed by atoms with E-state index in [0.29, 0.717) is 12.6 Å². The Bertz CT molecular complexity index is 451. The van der Waals surface area contributed by atoms with E-state index in [-0.39, 0.29) is 11.9 Å². The Morgan fingerprint density at radius 2 is 2.00 bits per heavy atom. The van der Waals surface area contributed by atoms with Gasteiger partial charge in [0.25, 0.3) is 0 Å². The first-order valence-corrected chi connectivity index (χ1v) is 7.72. The second-order valence-corrected chi connectivity index (χ2v) is 5.95. The zero-order valence-electron chi connectivity index (χ0n) is 12.0. The van der Waals surface area contributed by atoms with Crippen molar-refractivity contribution in [3.8, 4) is 0 Å². The van der Waals surface area contributed by atoms with E-state index in [1.807, 2.05) is 12.1 Å². The topological polar surface area (TPSA) is 32.5 Å². The fraction of sp³-hybridized carbons (Fsp3) is 0.625. The lowest BCUT2D eigenvalue weighted by atomic mass is 10.0. The molecule has 1 aromatic rings. The molecule has 20 heavy (non-hydrogen) atoms. The Balaban J connectivity index is 1.80. The quantitative estimate of drug-likeness (QED) is 0.917. The molecule has 110 valence electrons. The van der Waals surface area contributed by atoms with Crippen molar-refractivity contribution in [3.05, 3.63) is 35.6 Å². The first-order valence-electron chi connectivity index (χ1n) is 7.72. The largest absolute Gasteiger partial charge is 0.329 e. The lowest BCUT2D eigenvalue weighted by molar-refractivity contribution is 0.173. The first-order chi connectivity index (χ1) is 9.79. The highest BCUT2D eigenvalue weighted by atomic mass is 19.1. The number of nitrogens with two attached hydrogens (primary N) is 1. The SMILES string of the molecule is NCC(c1ccccc1F)N1CCCN2CCCC2C1. The molecule has 2 N–H and O–H groups in total. The van der Waals surface area contributed by atoms with E-state index >= 15 is 0 Å². The van der Waals surface area contributed by atoms with E-state index in [4.69, 9.17) is 5.73 Å². The number of nitrogens with zero attached hydrogens (tertiary/aromatic N) is 2. The van der Waals surface area contributed by atoms with Crippen LogP contribution in [0.5, 0.6) is 0 Å². The van der Waals surface area contributed by atoms with Gasteiger partial charge in [0.1, 0.15) is 5.82 Å². The summed E-state index contributed by atoms with van der Waals surface area (Å²) in [6.07, 6.45) is 3.72. The Morgan fingerprint density at radius 1 is 1.20 bits per heavy atom. The van der Waals surface area contributed by atoms with Crippen molar-refractivity contribution in [2.45, 2.75) is 31.3 Å². The molecular formula is C16H24FN3. The van der Waals surface area contributed by atoms with E-state index < -0.39 is 0 Å². The van der Waals surface area contributed by atoms with Gasteiger partial charge in [-0.1, -0.05) is 18.2 Å². The van der Waals surface area contributed by atoms with Gasteiger partial charge in [0, 0.05) is 37.3 Å². The number of halogens is 1. The van der Waals surface area contributed by atoms with Crippen LogP contribution in [-0.2, 0) is 0 Å². The second kappa shape index (κ2) is 6.20. The molecule has 0 spiro atoms. The van der Waals surface area contributed by atoms with Gasteiger partial charge < -0.3 is 5.73 Å². The number of hydrogen-bond acceptors (Lipinski definition) is 3. The molecule has 2 saturated heterocycles. The van der Waals surface area contributed by atoms with Crippen molar-refractivity contribution < 1.29 is 4.39 Å². The summed E-state index contributed by atoms with van der Waals surface area (Å²) in [6, 6.07) is 7.71. The Kier molecular flexibility index (Phi) is 4.34. The maximum atomic E-state index is 14.1. The number of rotatable bonds is 3. The van der Waals surface area contributed by atoms with Crippen LogP contribution in [0.1, 0.15) is 30.9 Å². The van der Waals surface area contributed by atoms with Crippen molar-refractivity contribution in [2.75, 3.05) is 32.7 Å². The van der Waals surface area contributed by atoms with Gasteiger partial charge >= 0.3 is 0 Å². The van der Waals surface area contributed by atoms with Gasteiger partial charge in [-0.05, 0) is 38.4 Å². The normalized spacial score (nSPS) is 26.2. The Morgan fingerprint density at radius 3 is 2.80 bits per heavy atom. The summed E-state index contributed by atoms with van der Waals surface area (Å²) in [5, 5.41) is 0. The molecule has 2 unspecified atom stereocenters. The van der Waals surface area contributed by atoms with Crippen molar-refractivity contribution in [1.82, 2.24) is 9.80 Å². The van der Waals surface area contributed by atoms with E-state index in [1.54, 1.807) is 6.07 Å². The molecule has 2 aliphatic rings. The maximum absolute atomic E-state index is 14.1. The smallest absolute Gasteiger partial charge is 0.128 e. The van der Waals surface area contributed by atoms with Crippen LogP contribution >= 0.6 is 0 Å². The molecule has 2 aliphatic heterocycles. The Hall–Kier alpha value is -0.970. The highest BCUT2D eigenvalue weighted by Crippen LogP contribution is 2.28. The van der Waals surface area contributed by atoms with Gasteiger partial charge in [-0.15, -0.1) is 0 Å². The highest BCUT2D eigenvalue weighted by molar-refractivity contribution is 5.22. The van der Waals surface area contributed by atoms with Crippen LogP contribution in [0.15, 0.2) is 24.3 Å².